The Morgan fingerprint density at radius 3 is 2.55 bits per heavy atom. The number of hydrogen-bond acceptors (Lipinski definition) is 3. The molecule has 1 saturated heterocycles. The summed E-state index contributed by atoms with van der Waals surface area (Å²) in [6.45, 7) is 5.00. The van der Waals surface area contributed by atoms with Gasteiger partial charge in [0.05, 0.1) is 12.7 Å². The molecule has 154 valence electrons. The lowest BCUT2D eigenvalue weighted by Gasteiger charge is -2.31. The first-order valence-electron chi connectivity index (χ1n) is 10.6. The Kier molecular flexibility index (Phi) is 6.80. The van der Waals surface area contributed by atoms with Crippen LogP contribution in [0, 0.1) is 0 Å². The third-order valence-corrected chi connectivity index (χ3v) is 5.77. The zero-order valence-corrected chi connectivity index (χ0v) is 17.3. The maximum atomic E-state index is 6.01. The first kappa shape index (κ1) is 19.9. The first-order chi connectivity index (χ1) is 14.3. The summed E-state index contributed by atoms with van der Waals surface area (Å²) in [5, 5.41) is 3.52. The summed E-state index contributed by atoms with van der Waals surface area (Å²) in [6, 6.07) is 17.4. The molecule has 0 atom stereocenters. The van der Waals surface area contributed by atoms with Crippen molar-refractivity contribution in [1.82, 2.24) is 10.2 Å². The lowest BCUT2D eigenvalue weighted by Crippen LogP contribution is -2.43. The molecule has 5 nitrogen and oxygen atoms in total. The zero-order valence-electron chi connectivity index (χ0n) is 17.3. The molecule has 0 bridgehead atoms. The molecule has 2 aliphatic rings. The van der Waals surface area contributed by atoms with Crippen LogP contribution in [0.15, 0.2) is 53.5 Å². The van der Waals surface area contributed by atoms with Crippen molar-refractivity contribution in [3.63, 3.8) is 0 Å². The summed E-state index contributed by atoms with van der Waals surface area (Å²) in [7, 11) is 1.86. The molecule has 2 aromatic carbocycles. The Labute approximate surface area is 173 Å². The Morgan fingerprint density at radius 1 is 1.07 bits per heavy atom. The lowest BCUT2D eigenvalue weighted by atomic mass is 10.0. The molecule has 0 aliphatic carbocycles. The van der Waals surface area contributed by atoms with Crippen molar-refractivity contribution >= 4 is 5.96 Å². The number of hydrogen-bond donors (Lipinski definition) is 1. The second-order valence-electron chi connectivity index (χ2n) is 7.78. The molecule has 0 radical (unpaired) electrons. The lowest BCUT2D eigenvalue weighted by molar-refractivity contribution is -0.0390. The number of ether oxygens (including phenoxy) is 2. The van der Waals surface area contributed by atoms with Crippen molar-refractivity contribution in [3.8, 4) is 0 Å². The molecule has 1 fully saturated rings. The van der Waals surface area contributed by atoms with Crippen molar-refractivity contribution in [2.75, 3.05) is 26.8 Å². The van der Waals surface area contributed by atoms with Gasteiger partial charge in [-0.1, -0.05) is 48.5 Å². The van der Waals surface area contributed by atoms with Crippen LogP contribution < -0.4 is 5.32 Å². The molecule has 0 spiro atoms. The number of nitrogens with zero attached hydrogens (tertiary/aromatic N) is 2. The average molecular weight is 394 g/mol. The minimum absolute atomic E-state index is 0.336. The summed E-state index contributed by atoms with van der Waals surface area (Å²) in [5.41, 5.74) is 5.32. The van der Waals surface area contributed by atoms with Gasteiger partial charge in [0.15, 0.2) is 5.96 Å². The summed E-state index contributed by atoms with van der Waals surface area (Å²) < 4.78 is 11.4. The normalized spacial score (nSPS) is 17.8. The minimum atomic E-state index is 0.336. The van der Waals surface area contributed by atoms with Crippen molar-refractivity contribution in [1.29, 1.82) is 0 Å². The molecule has 0 saturated carbocycles. The third-order valence-electron chi connectivity index (χ3n) is 5.77. The van der Waals surface area contributed by atoms with Crippen LogP contribution >= 0.6 is 0 Å². The van der Waals surface area contributed by atoms with Gasteiger partial charge < -0.3 is 19.7 Å². The monoisotopic (exact) mass is 393 g/mol. The predicted octanol–water partition coefficient (Wildman–Crippen LogP) is 3.52. The van der Waals surface area contributed by atoms with Crippen LogP contribution in [0.4, 0.5) is 0 Å². The summed E-state index contributed by atoms with van der Waals surface area (Å²) in [6.07, 6.45) is 3.41. The Balaban J connectivity index is 1.27. The quantitative estimate of drug-likeness (QED) is 0.624. The molecule has 5 heteroatoms. The topological polar surface area (TPSA) is 46.1 Å². The molecule has 4 rings (SSSR count). The molecule has 2 heterocycles. The number of guanidine groups is 1. The van der Waals surface area contributed by atoms with Gasteiger partial charge >= 0.3 is 0 Å². The number of aliphatic imine (C=N–C) groups is 1. The molecule has 29 heavy (non-hydrogen) atoms. The van der Waals surface area contributed by atoms with Crippen LogP contribution in [0.3, 0.4) is 0 Å². The van der Waals surface area contributed by atoms with E-state index in [0.717, 1.165) is 58.1 Å². The summed E-state index contributed by atoms with van der Waals surface area (Å²) in [4.78, 5) is 6.83. The molecule has 0 amide bonds. The maximum Gasteiger partial charge on any atom is 0.194 e. The van der Waals surface area contributed by atoms with Gasteiger partial charge in [-0.15, -0.1) is 0 Å². The molecule has 2 aromatic rings. The highest BCUT2D eigenvalue weighted by molar-refractivity contribution is 5.80. The Morgan fingerprint density at radius 2 is 1.79 bits per heavy atom. The van der Waals surface area contributed by atoms with E-state index in [9.17, 15) is 0 Å². The van der Waals surface area contributed by atoms with E-state index >= 15 is 0 Å². The van der Waals surface area contributed by atoms with E-state index in [4.69, 9.17) is 9.47 Å². The van der Waals surface area contributed by atoms with Gasteiger partial charge in [-0.25, -0.2) is 0 Å². The second kappa shape index (κ2) is 9.90. The Hall–Kier alpha value is -2.37. The van der Waals surface area contributed by atoms with E-state index in [1.54, 1.807) is 0 Å². The predicted molar refractivity (Wildman–Crippen MR) is 116 cm³/mol. The van der Waals surface area contributed by atoms with Gasteiger partial charge in [-0.3, -0.25) is 4.99 Å². The van der Waals surface area contributed by atoms with Crippen LogP contribution in [0.1, 0.15) is 35.1 Å². The maximum absolute atomic E-state index is 6.01. The van der Waals surface area contributed by atoms with Crippen LogP contribution in [-0.2, 0) is 35.6 Å². The van der Waals surface area contributed by atoms with Crippen LogP contribution in [0.2, 0.25) is 0 Å². The molecule has 0 aromatic heterocycles. The van der Waals surface area contributed by atoms with Gasteiger partial charge in [-0.05, 0) is 41.5 Å². The molecule has 0 unspecified atom stereocenters. The number of benzene rings is 2. The van der Waals surface area contributed by atoms with Crippen molar-refractivity contribution < 1.29 is 9.47 Å². The van der Waals surface area contributed by atoms with Crippen molar-refractivity contribution in [2.24, 2.45) is 4.99 Å². The third kappa shape index (κ3) is 5.37. The fourth-order valence-electron chi connectivity index (χ4n) is 4.00. The van der Waals surface area contributed by atoms with Crippen LogP contribution in [0.5, 0.6) is 0 Å². The fourth-order valence-corrected chi connectivity index (χ4v) is 4.00. The largest absolute Gasteiger partial charge is 0.381 e. The highest BCUT2D eigenvalue weighted by Gasteiger charge is 2.18. The zero-order chi connectivity index (χ0) is 19.9. The molecular formula is C24H31N3O2. The van der Waals surface area contributed by atoms with E-state index in [2.05, 4.69) is 63.7 Å². The van der Waals surface area contributed by atoms with Gasteiger partial charge in [0.25, 0.3) is 0 Å². The van der Waals surface area contributed by atoms with Crippen LogP contribution in [0.25, 0.3) is 0 Å². The Bertz CT molecular complexity index is 813. The van der Waals surface area contributed by atoms with E-state index < -0.39 is 0 Å². The van der Waals surface area contributed by atoms with E-state index in [1.165, 1.54) is 22.3 Å². The van der Waals surface area contributed by atoms with E-state index in [-0.39, 0.29) is 0 Å². The summed E-state index contributed by atoms with van der Waals surface area (Å²) in [5.74, 6) is 0.964. The van der Waals surface area contributed by atoms with Gasteiger partial charge in [-0.2, -0.15) is 0 Å². The van der Waals surface area contributed by atoms with Gasteiger partial charge in [0, 0.05) is 39.9 Å². The van der Waals surface area contributed by atoms with Gasteiger partial charge in [0.1, 0.15) is 0 Å². The first-order valence-corrected chi connectivity index (χ1v) is 10.6. The smallest absolute Gasteiger partial charge is 0.194 e. The number of nitrogens with one attached hydrogen (secondary N) is 1. The van der Waals surface area contributed by atoms with Gasteiger partial charge in [0.2, 0.25) is 0 Å². The van der Waals surface area contributed by atoms with Crippen molar-refractivity contribution in [2.45, 2.75) is 45.1 Å². The van der Waals surface area contributed by atoms with E-state index in [0.29, 0.717) is 12.7 Å². The van der Waals surface area contributed by atoms with Crippen LogP contribution in [-0.4, -0.2) is 43.8 Å². The van der Waals surface area contributed by atoms with E-state index in [1.807, 2.05) is 7.05 Å². The SMILES string of the molecule is CN=C(NCc1ccc(COC2CCOCC2)cc1)N1CCc2ccccc2C1. The highest BCUT2D eigenvalue weighted by atomic mass is 16.5. The molecule has 2 aliphatic heterocycles. The minimum Gasteiger partial charge on any atom is -0.381 e. The van der Waals surface area contributed by atoms with Crippen molar-refractivity contribution in [3.05, 3.63) is 70.8 Å². The standard InChI is InChI=1S/C24H31N3O2/c1-25-24(27-13-10-21-4-2-3-5-22(21)17-27)26-16-19-6-8-20(9-7-19)18-29-23-11-14-28-15-12-23/h2-9,23H,10-18H2,1H3,(H,25,26). The average Bonchev–Trinajstić information content (AvgIpc) is 2.79. The highest BCUT2D eigenvalue weighted by Crippen LogP contribution is 2.18. The number of fused-ring (bicyclic) bond motifs is 1. The summed E-state index contributed by atoms with van der Waals surface area (Å²) >= 11 is 0. The fraction of sp³-hybridized carbons (Fsp3) is 0.458. The number of rotatable bonds is 5. The molecular weight excluding hydrogens is 362 g/mol. The molecule has 1 N–H and O–H groups in total. The second-order valence-corrected chi connectivity index (χ2v) is 7.78.